The predicted octanol–water partition coefficient (Wildman–Crippen LogP) is 1.51. The van der Waals surface area contributed by atoms with Crippen LogP contribution in [-0.4, -0.2) is 28.9 Å². The Morgan fingerprint density at radius 1 is 1.50 bits per heavy atom. The molecule has 1 rings (SSSR count). The molecule has 0 radical (unpaired) electrons. The van der Waals surface area contributed by atoms with Crippen molar-refractivity contribution in [3.8, 4) is 0 Å². The molecule has 100 valence electrons. The third kappa shape index (κ3) is 3.23. The number of nitrogens with two attached hydrogens (primary N) is 1. The van der Waals surface area contributed by atoms with Crippen LogP contribution in [0.15, 0.2) is 18.2 Å². The van der Waals surface area contributed by atoms with Gasteiger partial charge in [0, 0.05) is 6.54 Å². The Balaban J connectivity index is 2.86. The molecule has 0 aliphatic carbocycles. The van der Waals surface area contributed by atoms with Crippen molar-refractivity contribution in [1.29, 1.82) is 0 Å². The maximum absolute atomic E-state index is 12.0. The Morgan fingerprint density at radius 3 is 2.61 bits per heavy atom. The van der Waals surface area contributed by atoms with Crippen LogP contribution in [0.4, 0.5) is 30.2 Å². The number of nitro groups is 1. The normalized spacial score (nSPS) is 13.1. The van der Waals surface area contributed by atoms with Gasteiger partial charge in [-0.15, -0.1) is 0 Å². The van der Waals surface area contributed by atoms with Gasteiger partial charge in [-0.05, 0) is 12.1 Å². The van der Waals surface area contributed by atoms with Gasteiger partial charge < -0.3 is 16.2 Å². The average Bonchev–Trinajstić information content (AvgIpc) is 2.23. The van der Waals surface area contributed by atoms with Crippen molar-refractivity contribution in [1.82, 2.24) is 0 Å². The van der Waals surface area contributed by atoms with E-state index < -0.39 is 29.4 Å². The van der Waals surface area contributed by atoms with E-state index in [1.165, 1.54) is 18.2 Å². The molecular weight excluding hydrogens is 255 g/mol. The molecule has 0 aliphatic heterocycles. The summed E-state index contributed by atoms with van der Waals surface area (Å²) in [6.07, 6.45) is -7.40. The molecule has 0 amide bonds. The molecule has 1 atom stereocenters. The topological polar surface area (TPSA) is 101 Å². The molecule has 1 unspecified atom stereocenters. The van der Waals surface area contributed by atoms with Gasteiger partial charge in [0.2, 0.25) is 0 Å². The molecule has 0 saturated heterocycles. The second kappa shape index (κ2) is 5.08. The van der Waals surface area contributed by atoms with Crippen molar-refractivity contribution in [3.63, 3.8) is 0 Å². The highest BCUT2D eigenvalue weighted by Crippen LogP contribution is 2.31. The number of hydrogen-bond acceptors (Lipinski definition) is 5. The summed E-state index contributed by atoms with van der Waals surface area (Å²) in [4.78, 5) is 9.88. The maximum atomic E-state index is 12.0. The number of nitrogen functional groups attached to an aromatic ring is 1. The van der Waals surface area contributed by atoms with Crippen molar-refractivity contribution in [2.75, 3.05) is 17.6 Å². The standard InChI is InChI=1S/C9H10F3N3O3/c10-9(11,12)7(16)4-14-6-3-1-2-5(13)8(6)15(17)18/h1-3,7,14,16H,4,13H2. The van der Waals surface area contributed by atoms with Crippen LogP contribution in [0.3, 0.4) is 0 Å². The molecule has 9 heteroatoms. The zero-order chi connectivity index (χ0) is 13.9. The average molecular weight is 265 g/mol. The first-order chi connectivity index (χ1) is 8.23. The predicted molar refractivity (Wildman–Crippen MR) is 58.1 cm³/mol. The molecule has 0 aliphatic rings. The van der Waals surface area contributed by atoms with Crippen molar-refractivity contribution in [3.05, 3.63) is 28.3 Å². The number of aliphatic hydroxyl groups is 1. The maximum Gasteiger partial charge on any atom is 0.416 e. The third-order valence-corrected chi connectivity index (χ3v) is 2.11. The van der Waals surface area contributed by atoms with Crippen molar-refractivity contribution in [2.45, 2.75) is 12.3 Å². The molecule has 0 fully saturated rings. The number of nitrogens with one attached hydrogen (secondary N) is 1. The van der Waals surface area contributed by atoms with E-state index in [1.807, 2.05) is 0 Å². The van der Waals surface area contributed by atoms with Gasteiger partial charge in [0.05, 0.1) is 4.92 Å². The van der Waals surface area contributed by atoms with E-state index in [4.69, 9.17) is 10.8 Å². The van der Waals surface area contributed by atoms with E-state index in [2.05, 4.69) is 5.32 Å². The Bertz CT molecular complexity index is 450. The van der Waals surface area contributed by atoms with Gasteiger partial charge in [0.1, 0.15) is 11.4 Å². The number of benzene rings is 1. The first-order valence-corrected chi connectivity index (χ1v) is 4.75. The van der Waals surface area contributed by atoms with Crippen molar-refractivity contribution >= 4 is 17.1 Å². The lowest BCUT2D eigenvalue weighted by atomic mass is 10.2. The molecule has 0 aromatic heterocycles. The number of hydrogen-bond donors (Lipinski definition) is 3. The molecule has 0 spiro atoms. The molecule has 0 bridgehead atoms. The highest BCUT2D eigenvalue weighted by molar-refractivity contribution is 5.74. The summed E-state index contributed by atoms with van der Waals surface area (Å²) in [6.45, 7) is -0.895. The van der Waals surface area contributed by atoms with Crippen LogP contribution in [0.5, 0.6) is 0 Å². The fourth-order valence-electron chi connectivity index (χ4n) is 1.23. The molecule has 18 heavy (non-hydrogen) atoms. The highest BCUT2D eigenvalue weighted by atomic mass is 19.4. The lowest BCUT2D eigenvalue weighted by Gasteiger charge is -2.16. The highest BCUT2D eigenvalue weighted by Gasteiger charge is 2.38. The summed E-state index contributed by atoms with van der Waals surface area (Å²) in [5, 5.41) is 21.6. The number of anilines is 2. The SMILES string of the molecule is Nc1cccc(NCC(O)C(F)(F)F)c1[N+](=O)[O-]. The fourth-order valence-corrected chi connectivity index (χ4v) is 1.23. The first kappa shape index (κ1) is 14.0. The Hall–Kier alpha value is -2.03. The number of rotatable bonds is 4. The van der Waals surface area contributed by atoms with Crippen LogP contribution in [0.2, 0.25) is 0 Å². The van der Waals surface area contributed by atoms with Crippen LogP contribution in [0.25, 0.3) is 0 Å². The van der Waals surface area contributed by atoms with E-state index in [0.29, 0.717) is 0 Å². The van der Waals surface area contributed by atoms with Gasteiger partial charge in [0.15, 0.2) is 6.10 Å². The molecule has 0 saturated carbocycles. The summed E-state index contributed by atoms with van der Waals surface area (Å²) >= 11 is 0. The minimum atomic E-state index is -4.79. The van der Waals surface area contributed by atoms with Gasteiger partial charge in [-0.25, -0.2) is 0 Å². The van der Waals surface area contributed by atoms with Crippen LogP contribution in [0, 0.1) is 10.1 Å². The number of para-hydroxylation sites is 1. The number of nitro benzene ring substituents is 1. The Kier molecular flexibility index (Phi) is 3.96. The van der Waals surface area contributed by atoms with Gasteiger partial charge in [-0.3, -0.25) is 10.1 Å². The number of aliphatic hydroxyl groups excluding tert-OH is 1. The quantitative estimate of drug-likeness (QED) is 0.435. The third-order valence-electron chi connectivity index (χ3n) is 2.11. The molecule has 1 aromatic carbocycles. The van der Waals surface area contributed by atoms with E-state index >= 15 is 0 Å². The van der Waals surface area contributed by atoms with E-state index in [1.54, 1.807) is 0 Å². The lowest BCUT2D eigenvalue weighted by molar-refractivity contribution is -0.383. The Morgan fingerprint density at radius 2 is 2.11 bits per heavy atom. The van der Waals surface area contributed by atoms with E-state index in [-0.39, 0.29) is 11.4 Å². The summed E-state index contributed by atoms with van der Waals surface area (Å²) < 4.78 is 36.1. The minimum absolute atomic E-state index is 0.175. The summed E-state index contributed by atoms with van der Waals surface area (Å²) in [5.74, 6) is 0. The Labute approximate surface area is 99.4 Å². The van der Waals surface area contributed by atoms with Gasteiger partial charge in [0.25, 0.3) is 0 Å². The molecular formula is C9H10F3N3O3. The monoisotopic (exact) mass is 265 g/mol. The second-order valence-electron chi connectivity index (χ2n) is 3.44. The number of halogens is 3. The zero-order valence-electron chi connectivity index (χ0n) is 8.94. The van der Waals surface area contributed by atoms with Crippen LogP contribution < -0.4 is 11.1 Å². The van der Waals surface area contributed by atoms with Crippen molar-refractivity contribution < 1.29 is 23.2 Å². The molecule has 4 N–H and O–H groups in total. The fraction of sp³-hybridized carbons (Fsp3) is 0.333. The minimum Gasteiger partial charge on any atom is -0.393 e. The summed E-state index contributed by atoms with van der Waals surface area (Å²) in [7, 11) is 0. The summed E-state index contributed by atoms with van der Waals surface area (Å²) in [6, 6.07) is 3.81. The first-order valence-electron chi connectivity index (χ1n) is 4.75. The second-order valence-corrected chi connectivity index (χ2v) is 3.44. The smallest absolute Gasteiger partial charge is 0.393 e. The van der Waals surface area contributed by atoms with Gasteiger partial charge >= 0.3 is 11.9 Å². The largest absolute Gasteiger partial charge is 0.416 e. The van der Waals surface area contributed by atoms with E-state index in [0.717, 1.165) is 0 Å². The molecule has 6 nitrogen and oxygen atoms in total. The van der Waals surface area contributed by atoms with Crippen LogP contribution in [0.1, 0.15) is 0 Å². The van der Waals surface area contributed by atoms with Crippen LogP contribution in [-0.2, 0) is 0 Å². The summed E-state index contributed by atoms with van der Waals surface area (Å²) in [5.41, 5.74) is 4.47. The van der Waals surface area contributed by atoms with Gasteiger partial charge in [-0.1, -0.05) is 6.07 Å². The number of nitrogens with zero attached hydrogens (tertiary/aromatic N) is 1. The lowest BCUT2D eigenvalue weighted by Crippen LogP contribution is -2.35. The van der Waals surface area contributed by atoms with Crippen molar-refractivity contribution in [2.24, 2.45) is 0 Å². The van der Waals surface area contributed by atoms with Gasteiger partial charge in [-0.2, -0.15) is 13.2 Å². The number of alkyl halides is 3. The zero-order valence-corrected chi connectivity index (χ0v) is 8.94. The molecule has 1 aromatic rings. The van der Waals surface area contributed by atoms with E-state index in [9.17, 15) is 23.3 Å². The molecule has 0 heterocycles. The van der Waals surface area contributed by atoms with Crippen LogP contribution >= 0.6 is 0 Å².